The molecule has 22 heavy (non-hydrogen) atoms. The molecule has 1 aromatic heterocycles. The maximum atomic E-state index is 14.0. The average Bonchev–Trinajstić information content (AvgIpc) is 2.96. The Morgan fingerprint density at radius 3 is 3.00 bits per heavy atom. The summed E-state index contributed by atoms with van der Waals surface area (Å²) in [4.78, 5) is 2.26. The number of nitriles is 1. The van der Waals surface area contributed by atoms with Gasteiger partial charge in [-0.2, -0.15) is 10.4 Å². The third kappa shape index (κ3) is 3.03. The van der Waals surface area contributed by atoms with Crippen molar-refractivity contribution < 1.29 is 4.39 Å². The van der Waals surface area contributed by atoms with Gasteiger partial charge in [-0.3, -0.25) is 4.68 Å². The van der Waals surface area contributed by atoms with Gasteiger partial charge in [-0.05, 0) is 31.0 Å². The van der Waals surface area contributed by atoms with Crippen molar-refractivity contribution in [3.05, 3.63) is 42.0 Å². The fourth-order valence-electron chi connectivity index (χ4n) is 2.82. The Balaban J connectivity index is 1.69. The maximum Gasteiger partial charge on any atom is 0.147 e. The lowest BCUT2D eigenvalue weighted by molar-refractivity contribution is 0.526. The van der Waals surface area contributed by atoms with Crippen molar-refractivity contribution in [2.24, 2.45) is 7.05 Å². The number of piperidine rings is 1. The molecule has 5 nitrogen and oxygen atoms in total. The summed E-state index contributed by atoms with van der Waals surface area (Å²) in [5.41, 5.74) is 1.88. The van der Waals surface area contributed by atoms with Gasteiger partial charge in [-0.1, -0.05) is 0 Å². The summed E-state index contributed by atoms with van der Waals surface area (Å²) < 4.78 is 15.8. The minimum absolute atomic E-state index is 0.177. The number of aryl methyl sites for hydroxylation is 1. The molecule has 2 heterocycles. The molecule has 0 aliphatic carbocycles. The van der Waals surface area contributed by atoms with Crippen LogP contribution in [-0.4, -0.2) is 28.9 Å². The Labute approximate surface area is 129 Å². The molecule has 1 unspecified atom stereocenters. The van der Waals surface area contributed by atoms with Crippen molar-refractivity contribution in [3.8, 4) is 6.07 Å². The first-order chi connectivity index (χ1) is 10.7. The first-order valence-electron chi connectivity index (χ1n) is 7.35. The van der Waals surface area contributed by atoms with Gasteiger partial charge in [-0.25, -0.2) is 4.39 Å². The van der Waals surface area contributed by atoms with E-state index in [9.17, 15) is 4.39 Å². The summed E-state index contributed by atoms with van der Waals surface area (Å²) >= 11 is 0. The van der Waals surface area contributed by atoms with Crippen molar-refractivity contribution in [3.63, 3.8) is 0 Å². The molecule has 0 bridgehead atoms. The number of nitrogens with zero attached hydrogens (tertiary/aromatic N) is 4. The molecule has 1 fully saturated rings. The molecule has 1 atom stereocenters. The van der Waals surface area contributed by atoms with E-state index in [-0.39, 0.29) is 11.9 Å². The number of hydrogen-bond acceptors (Lipinski definition) is 4. The molecule has 1 aliphatic heterocycles. The Morgan fingerprint density at radius 1 is 1.45 bits per heavy atom. The van der Waals surface area contributed by atoms with E-state index in [1.54, 1.807) is 16.8 Å². The Bertz CT molecular complexity index is 703. The van der Waals surface area contributed by atoms with Crippen LogP contribution in [0.2, 0.25) is 0 Å². The van der Waals surface area contributed by atoms with E-state index in [4.69, 9.17) is 5.26 Å². The van der Waals surface area contributed by atoms with Gasteiger partial charge in [0.1, 0.15) is 5.82 Å². The molecule has 1 aromatic carbocycles. The van der Waals surface area contributed by atoms with Crippen molar-refractivity contribution in [2.45, 2.75) is 18.9 Å². The topological polar surface area (TPSA) is 56.9 Å². The molecular weight excluding hydrogens is 281 g/mol. The molecule has 1 aliphatic rings. The second-order valence-corrected chi connectivity index (χ2v) is 5.61. The van der Waals surface area contributed by atoms with Gasteiger partial charge in [0.15, 0.2) is 0 Å². The van der Waals surface area contributed by atoms with Crippen LogP contribution >= 0.6 is 0 Å². The number of aromatic nitrogens is 2. The standard InChI is InChI=1S/C16H18FN5/c1-21-11-14(9-19-21)22-6-2-3-13(10-22)20-16-5-4-12(8-18)7-15(16)17/h4-5,7,9,11,13,20H,2-3,6,10H2,1H3. The number of benzene rings is 1. The Hall–Kier alpha value is -2.55. The van der Waals surface area contributed by atoms with Crippen LogP contribution < -0.4 is 10.2 Å². The van der Waals surface area contributed by atoms with E-state index in [1.807, 2.05) is 25.5 Å². The van der Waals surface area contributed by atoms with E-state index in [0.29, 0.717) is 11.3 Å². The molecule has 1 N–H and O–H groups in total. The number of nitrogens with one attached hydrogen (secondary N) is 1. The molecule has 0 amide bonds. The summed E-state index contributed by atoms with van der Waals surface area (Å²) in [6.07, 6.45) is 5.88. The van der Waals surface area contributed by atoms with Crippen molar-refractivity contribution in [1.82, 2.24) is 9.78 Å². The van der Waals surface area contributed by atoms with E-state index in [2.05, 4.69) is 15.3 Å². The van der Waals surface area contributed by atoms with Crippen LogP contribution in [0.4, 0.5) is 15.8 Å². The molecule has 0 spiro atoms. The van der Waals surface area contributed by atoms with E-state index in [0.717, 1.165) is 31.6 Å². The van der Waals surface area contributed by atoms with Gasteiger partial charge in [0, 0.05) is 32.4 Å². The van der Waals surface area contributed by atoms with E-state index >= 15 is 0 Å². The second kappa shape index (κ2) is 6.06. The van der Waals surface area contributed by atoms with Crippen LogP contribution in [0.3, 0.4) is 0 Å². The zero-order valence-corrected chi connectivity index (χ0v) is 12.5. The molecule has 2 aromatic rings. The first kappa shape index (κ1) is 14.4. The molecule has 114 valence electrons. The lowest BCUT2D eigenvalue weighted by atomic mass is 10.0. The number of anilines is 2. The lowest BCUT2D eigenvalue weighted by Crippen LogP contribution is -2.42. The van der Waals surface area contributed by atoms with Crippen LogP contribution in [0, 0.1) is 17.1 Å². The molecule has 3 rings (SSSR count). The quantitative estimate of drug-likeness (QED) is 0.946. The highest BCUT2D eigenvalue weighted by atomic mass is 19.1. The van der Waals surface area contributed by atoms with Crippen LogP contribution in [0.5, 0.6) is 0 Å². The van der Waals surface area contributed by atoms with Crippen molar-refractivity contribution in [1.29, 1.82) is 5.26 Å². The molecular formula is C16H18FN5. The van der Waals surface area contributed by atoms with Gasteiger partial charge in [0.2, 0.25) is 0 Å². The number of hydrogen-bond donors (Lipinski definition) is 1. The second-order valence-electron chi connectivity index (χ2n) is 5.61. The Morgan fingerprint density at radius 2 is 2.32 bits per heavy atom. The van der Waals surface area contributed by atoms with Crippen molar-refractivity contribution >= 4 is 11.4 Å². The normalized spacial score (nSPS) is 18.0. The average molecular weight is 299 g/mol. The summed E-state index contributed by atoms with van der Waals surface area (Å²) in [6, 6.07) is 6.66. The molecule has 0 radical (unpaired) electrons. The minimum atomic E-state index is -0.377. The molecule has 0 saturated carbocycles. The van der Waals surface area contributed by atoms with Crippen LogP contribution in [-0.2, 0) is 7.05 Å². The Kier molecular flexibility index (Phi) is 3.96. The van der Waals surface area contributed by atoms with Crippen molar-refractivity contribution in [2.75, 3.05) is 23.3 Å². The fraction of sp³-hybridized carbons (Fsp3) is 0.375. The summed E-state index contributed by atoms with van der Waals surface area (Å²) in [5, 5.41) is 16.2. The van der Waals surface area contributed by atoms with Gasteiger partial charge < -0.3 is 10.2 Å². The highest BCUT2D eigenvalue weighted by Crippen LogP contribution is 2.23. The lowest BCUT2D eigenvalue weighted by Gasteiger charge is -2.34. The van der Waals surface area contributed by atoms with Crippen LogP contribution in [0.25, 0.3) is 0 Å². The van der Waals surface area contributed by atoms with Crippen LogP contribution in [0.1, 0.15) is 18.4 Å². The SMILES string of the molecule is Cn1cc(N2CCCC(Nc3ccc(C#N)cc3F)C2)cn1. The predicted octanol–water partition coefficient (Wildman–Crippen LogP) is 2.51. The third-order valence-electron chi connectivity index (χ3n) is 3.94. The summed E-state index contributed by atoms with van der Waals surface area (Å²) in [5.74, 6) is -0.377. The zero-order chi connectivity index (χ0) is 15.5. The monoisotopic (exact) mass is 299 g/mol. The predicted molar refractivity (Wildman–Crippen MR) is 83.2 cm³/mol. The van der Waals surface area contributed by atoms with Crippen LogP contribution in [0.15, 0.2) is 30.6 Å². The number of halogens is 1. The van der Waals surface area contributed by atoms with Gasteiger partial charge >= 0.3 is 0 Å². The smallest absolute Gasteiger partial charge is 0.147 e. The maximum absolute atomic E-state index is 14.0. The first-order valence-corrected chi connectivity index (χ1v) is 7.35. The fourth-order valence-corrected chi connectivity index (χ4v) is 2.82. The zero-order valence-electron chi connectivity index (χ0n) is 12.5. The highest BCUT2D eigenvalue weighted by Gasteiger charge is 2.21. The highest BCUT2D eigenvalue weighted by molar-refractivity contribution is 5.50. The van der Waals surface area contributed by atoms with Gasteiger partial charge in [0.25, 0.3) is 0 Å². The largest absolute Gasteiger partial charge is 0.378 e. The summed E-state index contributed by atoms with van der Waals surface area (Å²) in [7, 11) is 1.90. The third-order valence-corrected chi connectivity index (χ3v) is 3.94. The summed E-state index contributed by atoms with van der Waals surface area (Å²) in [6.45, 7) is 1.80. The van der Waals surface area contributed by atoms with E-state index in [1.165, 1.54) is 6.07 Å². The number of rotatable bonds is 3. The van der Waals surface area contributed by atoms with Gasteiger partial charge in [0.05, 0.1) is 29.2 Å². The minimum Gasteiger partial charge on any atom is -0.378 e. The molecule has 1 saturated heterocycles. The molecule has 6 heteroatoms. The van der Waals surface area contributed by atoms with Gasteiger partial charge in [-0.15, -0.1) is 0 Å². The van der Waals surface area contributed by atoms with E-state index < -0.39 is 0 Å².